The molecule has 0 N–H and O–H groups in total. The Balaban J connectivity index is 2.00. The molecule has 1 saturated heterocycles. The normalized spacial score (nSPS) is 20.4. The van der Waals surface area contributed by atoms with Crippen LogP contribution in [-0.2, 0) is 0 Å². The van der Waals surface area contributed by atoms with Crippen LogP contribution in [0.15, 0.2) is 24.3 Å². The molecule has 0 spiro atoms. The fraction of sp³-hybridized carbons (Fsp3) is 0.562. The summed E-state index contributed by atoms with van der Waals surface area (Å²) in [6.45, 7) is 3.80. The zero-order chi connectivity index (χ0) is 13.7. The van der Waals surface area contributed by atoms with E-state index in [1.807, 2.05) is 12.1 Å². The molecule has 0 radical (unpaired) electrons. The lowest BCUT2D eigenvalue weighted by Gasteiger charge is -2.35. The Bertz CT molecular complexity index is 431. The molecule has 1 aromatic carbocycles. The fourth-order valence-electron chi connectivity index (χ4n) is 2.87. The lowest BCUT2D eigenvalue weighted by atomic mass is 9.97. The van der Waals surface area contributed by atoms with E-state index in [9.17, 15) is 4.79 Å². The molecule has 0 saturated carbocycles. The number of hydrogen-bond donors (Lipinski definition) is 0. The number of Topliss-reactive ketones (excluding diaryl/α,β-unsaturated/α-hetero) is 1. The fourth-order valence-corrected chi connectivity index (χ4v) is 3.06. The van der Waals surface area contributed by atoms with Crippen molar-refractivity contribution in [2.45, 2.75) is 45.1 Å². The van der Waals surface area contributed by atoms with Gasteiger partial charge in [-0.3, -0.25) is 9.69 Å². The first kappa shape index (κ1) is 14.5. The highest BCUT2D eigenvalue weighted by atomic mass is 35.5. The van der Waals surface area contributed by atoms with E-state index in [1.165, 1.54) is 32.1 Å². The number of likely N-dealkylation sites (tertiary alicyclic amines) is 1. The first-order chi connectivity index (χ1) is 9.20. The van der Waals surface area contributed by atoms with Crippen LogP contribution in [0.3, 0.4) is 0 Å². The second-order valence-corrected chi connectivity index (χ2v) is 5.78. The van der Waals surface area contributed by atoms with Gasteiger partial charge in [-0.25, -0.2) is 0 Å². The number of benzene rings is 1. The van der Waals surface area contributed by atoms with Gasteiger partial charge in [0.1, 0.15) is 0 Å². The average Bonchev–Trinajstić information content (AvgIpc) is 2.41. The summed E-state index contributed by atoms with van der Waals surface area (Å²) in [4.78, 5) is 14.7. The number of halogens is 1. The Hall–Kier alpha value is -0.860. The van der Waals surface area contributed by atoms with Gasteiger partial charge in [0.2, 0.25) is 0 Å². The van der Waals surface area contributed by atoms with Gasteiger partial charge >= 0.3 is 0 Å². The van der Waals surface area contributed by atoms with E-state index in [1.54, 1.807) is 12.1 Å². The van der Waals surface area contributed by atoms with E-state index in [2.05, 4.69) is 11.8 Å². The zero-order valence-corrected chi connectivity index (χ0v) is 12.3. The highest BCUT2D eigenvalue weighted by Crippen LogP contribution is 2.21. The molecule has 1 fully saturated rings. The van der Waals surface area contributed by atoms with Crippen LogP contribution in [0.25, 0.3) is 0 Å². The van der Waals surface area contributed by atoms with Crippen molar-refractivity contribution in [2.75, 3.05) is 13.1 Å². The molecule has 3 heteroatoms. The van der Waals surface area contributed by atoms with Crippen molar-refractivity contribution in [1.82, 2.24) is 4.90 Å². The number of carbonyl (C=O) groups is 1. The quantitative estimate of drug-likeness (QED) is 0.754. The number of piperidine rings is 1. The average molecular weight is 280 g/mol. The molecule has 1 unspecified atom stereocenters. The van der Waals surface area contributed by atoms with Crippen molar-refractivity contribution >= 4 is 17.4 Å². The van der Waals surface area contributed by atoms with Crippen LogP contribution in [-0.4, -0.2) is 29.8 Å². The molecule has 2 nitrogen and oxygen atoms in total. The molecule has 1 atom stereocenters. The predicted octanol–water partition coefficient (Wildman–Crippen LogP) is 4.18. The minimum absolute atomic E-state index is 0.186. The molecule has 1 heterocycles. The summed E-state index contributed by atoms with van der Waals surface area (Å²) in [7, 11) is 0. The van der Waals surface area contributed by atoms with Crippen LogP contribution in [0.2, 0.25) is 5.02 Å². The summed E-state index contributed by atoms with van der Waals surface area (Å²) >= 11 is 5.94. The van der Waals surface area contributed by atoms with E-state index in [0.717, 1.165) is 12.1 Å². The summed E-state index contributed by atoms with van der Waals surface area (Å²) in [6.07, 6.45) is 6.13. The minimum atomic E-state index is 0.186. The van der Waals surface area contributed by atoms with E-state index in [0.29, 0.717) is 17.6 Å². The molecule has 1 aliphatic rings. The van der Waals surface area contributed by atoms with Crippen molar-refractivity contribution in [3.63, 3.8) is 0 Å². The second kappa shape index (κ2) is 7.06. The molecule has 0 amide bonds. The number of ketones is 1. The first-order valence-electron chi connectivity index (χ1n) is 7.23. The number of nitrogens with zero attached hydrogens (tertiary/aromatic N) is 1. The van der Waals surface area contributed by atoms with Gasteiger partial charge in [0.25, 0.3) is 0 Å². The number of rotatable bonds is 5. The molecular formula is C16H22ClNO. The Labute approximate surface area is 120 Å². The van der Waals surface area contributed by atoms with Gasteiger partial charge in [0.05, 0.1) is 6.54 Å². The molecule has 1 aromatic rings. The molecule has 0 bridgehead atoms. The van der Waals surface area contributed by atoms with Crippen molar-refractivity contribution < 1.29 is 4.79 Å². The predicted molar refractivity (Wildman–Crippen MR) is 79.9 cm³/mol. The van der Waals surface area contributed by atoms with Crippen molar-refractivity contribution in [3.8, 4) is 0 Å². The van der Waals surface area contributed by atoms with Crippen LogP contribution in [0.5, 0.6) is 0 Å². The number of carbonyl (C=O) groups excluding carboxylic acids is 1. The maximum absolute atomic E-state index is 12.3. The maximum Gasteiger partial charge on any atom is 0.176 e. The second-order valence-electron chi connectivity index (χ2n) is 5.34. The van der Waals surface area contributed by atoms with Crippen LogP contribution in [0.4, 0.5) is 0 Å². The Morgan fingerprint density at radius 1 is 1.42 bits per heavy atom. The third-order valence-corrected chi connectivity index (χ3v) is 4.10. The van der Waals surface area contributed by atoms with E-state index in [-0.39, 0.29) is 5.78 Å². The van der Waals surface area contributed by atoms with E-state index < -0.39 is 0 Å². The lowest BCUT2D eigenvalue weighted by molar-refractivity contribution is 0.0831. The molecule has 0 aromatic heterocycles. The standard InChI is InChI=1S/C16H22ClNO/c1-2-6-15-9-3-4-10-18(15)12-16(19)13-7-5-8-14(17)11-13/h5,7-8,11,15H,2-4,6,9-10,12H2,1H3. The molecule has 104 valence electrons. The van der Waals surface area contributed by atoms with Crippen LogP contribution >= 0.6 is 11.6 Å². The topological polar surface area (TPSA) is 20.3 Å². The highest BCUT2D eigenvalue weighted by Gasteiger charge is 2.23. The Morgan fingerprint density at radius 3 is 3.00 bits per heavy atom. The van der Waals surface area contributed by atoms with Crippen molar-refractivity contribution in [3.05, 3.63) is 34.9 Å². The Kier molecular flexibility index (Phi) is 5.41. The van der Waals surface area contributed by atoms with Gasteiger partial charge in [-0.1, -0.05) is 43.5 Å². The van der Waals surface area contributed by atoms with Crippen LogP contribution in [0.1, 0.15) is 49.4 Å². The molecule has 1 aliphatic heterocycles. The van der Waals surface area contributed by atoms with Crippen molar-refractivity contribution in [2.24, 2.45) is 0 Å². The largest absolute Gasteiger partial charge is 0.293 e. The van der Waals surface area contributed by atoms with Gasteiger partial charge in [-0.05, 0) is 37.9 Å². The van der Waals surface area contributed by atoms with Gasteiger partial charge in [-0.15, -0.1) is 0 Å². The third kappa shape index (κ3) is 4.05. The van der Waals surface area contributed by atoms with Gasteiger partial charge in [-0.2, -0.15) is 0 Å². The monoisotopic (exact) mass is 279 g/mol. The summed E-state index contributed by atoms with van der Waals surface area (Å²) in [5.41, 5.74) is 0.730. The molecule has 0 aliphatic carbocycles. The van der Waals surface area contributed by atoms with Crippen molar-refractivity contribution in [1.29, 1.82) is 0 Å². The third-order valence-electron chi connectivity index (χ3n) is 3.86. The van der Waals surface area contributed by atoms with E-state index >= 15 is 0 Å². The smallest absolute Gasteiger partial charge is 0.176 e. The number of hydrogen-bond acceptors (Lipinski definition) is 2. The molecular weight excluding hydrogens is 258 g/mol. The summed E-state index contributed by atoms with van der Waals surface area (Å²) < 4.78 is 0. The van der Waals surface area contributed by atoms with Gasteiger partial charge < -0.3 is 0 Å². The SMILES string of the molecule is CCCC1CCCCN1CC(=O)c1cccc(Cl)c1. The maximum atomic E-state index is 12.3. The van der Waals surface area contributed by atoms with E-state index in [4.69, 9.17) is 11.6 Å². The molecule has 19 heavy (non-hydrogen) atoms. The Morgan fingerprint density at radius 2 is 2.26 bits per heavy atom. The van der Waals surface area contributed by atoms with Crippen LogP contribution < -0.4 is 0 Å². The van der Waals surface area contributed by atoms with Crippen LogP contribution in [0, 0.1) is 0 Å². The lowest BCUT2D eigenvalue weighted by Crippen LogP contribution is -2.42. The molecule has 2 rings (SSSR count). The minimum Gasteiger partial charge on any atom is -0.293 e. The first-order valence-corrected chi connectivity index (χ1v) is 7.61. The zero-order valence-electron chi connectivity index (χ0n) is 11.6. The highest BCUT2D eigenvalue weighted by molar-refractivity contribution is 6.31. The summed E-state index contributed by atoms with van der Waals surface area (Å²) in [5, 5.41) is 0.634. The van der Waals surface area contributed by atoms with Gasteiger partial charge in [0, 0.05) is 16.6 Å². The van der Waals surface area contributed by atoms with Gasteiger partial charge in [0.15, 0.2) is 5.78 Å². The summed E-state index contributed by atoms with van der Waals surface area (Å²) in [6, 6.07) is 7.85. The summed E-state index contributed by atoms with van der Waals surface area (Å²) in [5.74, 6) is 0.186.